The van der Waals surface area contributed by atoms with Crippen LogP contribution in [-0.4, -0.2) is 38.1 Å². The predicted molar refractivity (Wildman–Crippen MR) is 120 cm³/mol. The second-order valence-corrected chi connectivity index (χ2v) is 7.82. The minimum atomic E-state index is -0.259. The first-order valence-corrected chi connectivity index (χ1v) is 10.3. The highest BCUT2D eigenvalue weighted by Gasteiger charge is 2.27. The Morgan fingerprint density at radius 3 is 2.67 bits per heavy atom. The topological polar surface area (TPSA) is 79.5 Å². The van der Waals surface area contributed by atoms with Gasteiger partial charge in [0.1, 0.15) is 11.9 Å². The number of anilines is 1. The Kier molecular flexibility index (Phi) is 7.37. The van der Waals surface area contributed by atoms with Crippen LogP contribution in [0.15, 0.2) is 48.5 Å². The molecule has 2 unspecified atom stereocenters. The highest BCUT2D eigenvalue weighted by molar-refractivity contribution is 6.34. The smallest absolute Gasteiger partial charge is 0.253 e. The van der Waals surface area contributed by atoms with Crippen molar-refractivity contribution in [2.45, 2.75) is 13.0 Å². The summed E-state index contributed by atoms with van der Waals surface area (Å²) in [7, 11) is 1.55. The predicted octanol–water partition coefficient (Wildman–Crippen LogP) is 3.96. The molecule has 0 radical (unpaired) electrons. The maximum absolute atomic E-state index is 12.3. The lowest BCUT2D eigenvalue weighted by Gasteiger charge is -2.18. The Balaban J connectivity index is 1.52. The van der Waals surface area contributed by atoms with E-state index in [1.54, 1.807) is 49.5 Å². The van der Waals surface area contributed by atoms with Gasteiger partial charge in [-0.2, -0.15) is 0 Å². The molecular formula is C22H23Cl2N3O3. The van der Waals surface area contributed by atoms with Crippen LogP contribution >= 0.6 is 23.2 Å². The molecule has 0 saturated heterocycles. The van der Waals surface area contributed by atoms with Gasteiger partial charge in [0.15, 0.2) is 0 Å². The van der Waals surface area contributed by atoms with Crippen LogP contribution in [0.3, 0.4) is 0 Å². The van der Waals surface area contributed by atoms with Crippen molar-refractivity contribution in [1.29, 1.82) is 0 Å². The van der Waals surface area contributed by atoms with Gasteiger partial charge in [-0.3, -0.25) is 9.59 Å². The molecular weight excluding hydrogens is 425 g/mol. The SMILES string of the molecule is CNC(=O)c1ccccc1NC(=O)CNCC1OC(c2cc(Cl)ccc2Cl)=CC1C. The number of ether oxygens (including phenoxy) is 1. The molecule has 0 spiro atoms. The summed E-state index contributed by atoms with van der Waals surface area (Å²) in [6.07, 6.45) is 1.87. The molecule has 1 heterocycles. The number of carbonyl (C=O) groups is 2. The molecule has 2 amide bonds. The fourth-order valence-corrected chi connectivity index (χ4v) is 3.55. The van der Waals surface area contributed by atoms with Crippen molar-refractivity contribution in [3.8, 4) is 0 Å². The van der Waals surface area contributed by atoms with E-state index < -0.39 is 0 Å². The summed E-state index contributed by atoms with van der Waals surface area (Å²) < 4.78 is 6.03. The summed E-state index contributed by atoms with van der Waals surface area (Å²) in [4.78, 5) is 24.2. The summed E-state index contributed by atoms with van der Waals surface area (Å²) in [5.41, 5.74) is 1.63. The summed E-state index contributed by atoms with van der Waals surface area (Å²) >= 11 is 12.3. The normalized spacial score (nSPS) is 17.8. The summed E-state index contributed by atoms with van der Waals surface area (Å²) in [6, 6.07) is 12.1. The molecule has 0 aromatic heterocycles. The summed E-state index contributed by atoms with van der Waals surface area (Å²) in [5, 5.41) is 9.59. The van der Waals surface area contributed by atoms with Gasteiger partial charge < -0.3 is 20.7 Å². The van der Waals surface area contributed by atoms with Gasteiger partial charge in [-0.1, -0.05) is 42.3 Å². The molecule has 0 bridgehead atoms. The molecule has 2 aromatic rings. The molecule has 0 aliphatic carbocycles. The minimum absolute atomic E-state index is 0.0852. The van der Waals surface area contributed by atoms with Gasteiger partial charge in [-0.15, -0.1) is 0 Å². The molecule has 0 fully saturated rings. The Bertz CT molecular complexity index is 978. The largest absolute Gasteiger partial charge is 0.488 e. The van der Waals surface area contributed by atoms with Crippen LogP contribution in [0.5, 0.6) is 0 Å². The van der Waals surface area contributed by atoms with Crippen molar-refractivity contribution < 1.29 is 14.3 Å². The maximum Gasteiger partial charge on any atom is 0.253 e. The third-order valence-electron chi connectivity index (χ3n) is 4.78. The van der Waals surface area contributed by atoms with Crippen LogP contribution in [0, 0.1) is 5.92 Å². The van der Waals surface area contributed by atoms with Gasteiger partial charge in [-0.25, -0.2) is 0 Å². The van der Waals surface area contributed by atoms with Crippen LogP contribution in [0.1, 0.15) is 22.8 Å². The van der Waals surface area contributed by atoms with E-state index in [1.807, 2.05) is 13.0 Å². The number of nitrogens with one attached hydrogen (secondary N) is 3. The molecule has 0 saturated carbocycles. The number of hydrogen-bond acceptors (Lipinski definition) is 4. The Morgan fingerprint density at radius 2 is 1.90 bits per heavy atom. The number of hydrogen-bond donors (Lipinski definition) is 3. The second-order valence-electron chi connectivity index (χ2n) is 6.97. The van der Waals surface area contributed by atoms with Gasteiger partial charge in [0.05, 0.1) is 22.8 Å². The van der Waals surface area contributed by atoms with Crippen molar-refractivity contribution >= 4 is 46.5 Å². The average Bonchev–Trinajstić information content (AvgIpc) is 3.10. The molecule has 6 nitrogen and oxygen atoms in total. The van der Waals surface area contributed by atoms with Crippen LogP contribution in [0.2, 0.25) is 10.0 Å². The molecule has 3 rings (SSSR count). The van der Waals surface area contributed by atoms with E-state index in [0.29, 0.717) is 33.6 Å². The quantitative estimate of drug-likeness (QED) is 0.599. The highest BCUT2D eigenvalue weighted by Crippen LogP contribution is 2.35. The molecule has 1 aliphatic heterocycles. The summed E-state index contributed by atoms with van der Waals surface area (Å²) in [6.45, 7) is 2.60. The number of para-hydroxylation sites is 1. The molecule has 30 heavy (non-hydrogen) atoms. The van der Waals surface area contributed by atoms with Gasteiger partial charge in [0.25, 0.3) is 5.91 Å². The number of rotatable bonds is 7. The molecule has 158 valence electrons. The third kappa shape index (κ3) is 5.33. The zero-order valence-electron chi connectivity index (χ0n) is 16.7. The number of amides is 2. The Morgan fingerprint density at radius 1 is 1.13 bits per heavy atom. The Hall–Kier alpha value is -2.54. The first-order chi connectivity index (χ1) is 14.4. The number of carbonyl (C=O) groups excluding carboxylic acids is 2. The van der Waals surface area contributed by atoms with Crippen molar-refractivity contribution in [3.05, 3.63) is 69.7 Å². The van der Waals surface area contributed by atoms with Crippen molar-refractivity contribution in [3.63, 3.8) is 0 Å². The van der Waals surface area contributed by atoms with E-state index in [1.165, 1.54) is 0 Å². The fourth-order valence-electron chi connectivity index (χ4n) is 3.17. The van der Waals surface area contributed by atoms with E-state index in [-0.39, 0.29) is 30.4 Å². The fraction of sp³-hybridized carbons (Fsp3) is 0.273. The van der Waals surface area contributed by atoms with E-state index in [4.69, 9.17) is 27.9 Å². The molecule has 2 aromatic carbocycles. The van der Waals surface area contributed by atoms with Crippen molar-refractivity contribution in [2.24, 2.45) is 5.92 Å². The Labute approximate surface area is 185 Å². The lowest BCUT2D eigenvalue weighted by Crippen LogP contribution is -2.36. The van der Waals surface area contributed by atoms with Crippen molar-refractivity contribution in [2.75, 3.05) is 25.5 Å². The standard InChI is InChI=1S/C22H23Cl2N3O3/c1-13-9-19(16-10-14(23)7-8-17(16)24)30-20(13)11-26-12-21(28)27-18-6-4-3-5-15(18)22(29)25-2/h3-10,13,20,26H,11-12H2,1-2H3,(H,25,29)(H,27,28). The summed E-state index contributed by atoms with van der Waals surface area (Å²) in [5.74, 6) is 0.318. The maximum atomic E-state index is 12.3. The zero-order valence-corrected chi connectivity index (χ0v) is 18.2. The van der Waals surface area contributed by atoms with E-state index >= 15 is 0 Å². The van der Waals surface area contributed by atoms with E-state index in [0.717, 1.165) is 5.56 Å². The van der Waals surface area contributed by atoms with Gasteiger partial charge in [0.2, 0.25) is 5.91 Å². The molecule has 8 heteroatoms. The molecule has 3 N–H and O–H groups in total. The minimum Gasteiger partial charge on any atom is -0.488 e. The first kappa shape index (κ1) is 22.2. The average molecular weight is 448 g/mol. The lowest BCUT2D eigenvalue weighted by atomic mass is 10.1. The monoisotopic (exact) mass is 447 g/mol. The van der Waals surface area contributed by atoms with Gasteiger partial charge >= 0.3 is 0 Å². The van der Waals surface area contributed by atoms with Gasteiger partial charge in [-0.05, 0) is 36.4 Å². The first-order valence-electron chi connectivity index (χ1n) is 9.54. The highest BCUT2D eigenvalue weighted by atomic mass is 35.5. The van der Waals surface area contributed by atoms with E-state index in [2.05, 4.69) is 16.0 Å². The lowest BCUT2D eigenvalue weighted by molar-refractivity contribution is -0.115. The number of benzene rings is 2. The zero-order chi connectivity index (χ0) is 21.7. The number of halogens is 2. The molecule has 1 aliphatic rings. The van der Waals surface area contributed by atoms with Crippen LogP contribution in [-0.2, 0) is 9.53 Å². The van der Waals surface area contributed by atoms with Crippen LogP contribution < -0.4 is 16.0 Å². The van der Waals surface area contributed by atoms with E-state index in [9.17, 15) is 9.59 Å². The third-order valence-corrected chi connectivity index (χ3v) is 5.34. The van der Waals surface area contributed by atoms with Gasteiger partial charge in [0, 0.05) is 30.1 Å². The van der Waals surface area contributed by atoms with Crippen LogP contribution in [0.4, 0.5) is 5.69 Å². The van der Waals surface area contributed by atoms with Crippen molar-refractivity contribution in [1.82, 2.24) is 10.6 Å². The second kappa shape index (κ2) is 9.98. The molecule has 2 atom stereocenters. The van der Waals surface area contributed by atoms with Crippen LogP contribution in [0.25, 0.3) is 5.76 Å².